The lowest BCUT2D eigenvalue weighted by atomic mass is 9.78. The maximum absolute atomic E-state index is 12.1. The van der Waals surface area contributed by atoms with E-state index in [1.54, 1.807) is 7.11 Å². The first-order valence-corrected chi connectivity index (χ1v) is 8.01. The van der Waals surface area contributed by atoms with Gasteiger partial charge in [0.1, 0.15) is 12.2 Å². The van der Waals surface area contributed by atoms with Gasteiger partial charge in [-0.25, -0.2) is 0 Å². The molecule has 2 unspecified atom stereocenters. The summed E-state index contributed by atoms with van der Waals surface area (Å²) >= 11 is 0. The second kappa shape index (κ2) is 5.52. The van der Waals surface area contributed by atoms with E-state index in [-0.39, 0.29) is 23.9 Å². The van der Waals surface area contributed by atoms with Crippen LogP contribution in [-0.4, -0.2) is 48.7 Å². The lowest BCUT2D eigenvalue weighted by molar-refractivity contribution is -0.174. The van der Waals surface area contributed by atoms with Gasteiger partial charge in [0.05, 0.1) is 24.2 Å². The molecule has 21 heavy (non-hydrogen) atoms. The van der Waals surface area contributed by atoms with Crippen LogP contribution >= 0.6 is 0 Å². The van der Waals surface area contributed by atoms with Crippen LogP contribution in [0.3, 0.4) is 0 Å². The minimum absolute atomic E-state index is 0.0141. The van der Waals surface area contributed by atoms with Crippen LogP contribution < -0.4 is 0 Å². The van der Waals surface area contributed by atoms with E-state index < -0.39 is 17.8 Å². The molecule has 0 saturated carbocycles. The summed E-state index contributed by atoms with van der Waals surface area (Å²) < 4.78 is 17.0. The summed E-state index contributed by atoms with van der Waals surface area (Å²) in [6.45, 7) is 4.51. The zero-order chi connectivity index (χ0) is 15.2. The van der Waals surface area contributed by atoms with Crippen LogP contribution in [-0.2, 0) is 19.0 Å². The van der Waals surface area contributed by atoms with Gasteiger partial charge in [-0.15, -0.1) is 0 Å². The lowest BCUT2D eigenvalue weighted by Crippen LogP contribution is -2.49. The monoisotopic (exact) mass is 298 g/mol. The van der Waals surface area contributed by atoms with E-state index in [4.69, 9.17) is 14.2 Å². The van der Waals surface area contributed by atoms with Gasteiger partial charge in [0.15, 0.2) is 0 Å². The minimum atomic E-state index is -0.761. The van der Waals surface area contributed by atoms with Gasteiger partial charge in [0.25, 0.3) is 0 Å². The summed E-state index contributed by atoms with van der Waals surface area (Å²) in [7, 11) is 1.59. The van der Waals surface area contributed by atoms with E-state index in [9.17, 15) is 9.90 Å². The smallest absolute Gasteiger partial charge is 0.312 e. The third-order valence-corrected chi connectivity index (χ3v) is 5.67. The van der Waals surface area contributed by atoms with Crippen LogP contribution in [0, 0.1) is 17.8 Å². The standard InChI is InChI=1S/C16H26O5/c1-9-5-4-6-16(2)14(17)13-10(7-12(9)21-16)11(8-19-3)15(18)20-13/h9-14,17H,4-8H2,1-3H3/t9-,10-,11?,12?,13-,14-,16+/m0/s1. The lowest BCUT2D eigenvalue weighted by Gasteiger charge is -2.36. The number of rotatable bonds is 2. The zero-order valence-corrected chi connectivity index (χ0v) is 13.1. The van der Waals surface area contributed by atoms with E-state index >= 15 is 0 Å². The highest BCUT2D eigenvalue weighted by Crippen LogP contribution is 2.46. The quantitative estimate of drug-likeness (QED) is 0.783. The number of ether oxygens (including phenoxy) is 3. The number of aliphatic hydroxyl groups is 1. The molecule has 0 aromatic carbocycles. The topological polar surface area (TPSA) is 65.0 Å². The van der Waals surface area contributed by atoms with Crippen LogP contribution in [0.1, 0.15) is 39.5 Å². The molecule has 3 rings (SSSR count). The van der Waals surface area contributed by atoms with Crippen molar-refractivity contribution in [3.8, 4) is 0 Å². The van der Waals surface area contributed by atoms with Gasteiger partial charge in [0, 0.05) is 13.0 Å². The molecule has 0 aliphatic carbocycles. The van der Waals surface area contributed by atoms with Crippen molar-refractivity contribution in [2.75, 3.05) is 13.7 Å². The van der Waals surface area contributed by atoms with Crippen LogP contribution in [0.15, 0.2) is 0 Å². The van der Waals surface area contributed by atoms with Gasteiger partial charge >= 0.3 is 5.97 Å². The number of fused-ring (bicyclic) bond motifs is 3. The van der Waals surface area contributed by atoms with Gasteiger partial charge < -0.3 is 19.3 Å². The molecule has 3 heterocycles. The molecule has 0 radical (unpaired) electrons. The van der Waals surface area contributed by atoms with E-state index in [2.05, 4.69) is 6.92 Å². The number of carbonyl (C=O) groups is 1. The molecule has 3 aliphatic rings. The molecule has 0 aromatic rings. The van der Waals surface area contributed by atoms with Crippen molar-refractivity contribution in [3.63, 3.8) is 0 Å². The van der Waals surface area contributed by atoms with E-state index in [1.807, 2.05) is 6.92 Å². The maximum atomic E-state index is 12.1. The van der Waals surface area contributed by atoms with E-state index in [0.717, 1.165) is 25.7 Å². The predicted octanol–water partition coefficient (Wildman–Crippen LogP) is 1.52. The maximum Gasteiger partial charge on any atom is 0.312 e. The Kier molecular flexibility index (Phi) is 4.01. The largest absolute Gasteiger partial charge is 0.459 e. The van der Waals surface area contributed by atoms with Crippen molar-refractivity contribution in [3.05, 3.63) is 0 Å². The predicted molar refractivity (Wildman–Crippen MR) is 75.7 cm³/mol. The summed E-state index contributed by atoms with van der Waals surface area (Å²) in [6, 6.07) is 0. The first-order chi connectivity index (χ1) is 9.96. The third kappa shape index (κ3) is 2.49. The fourth-order valence-electron chi connectivity index (χ4n) is 4.28. The summed E-state index contributed by atoms with van der Waals surface area (Å²) in [4.78, 5) is 12.1. The Bertz CT molecular complexity index is 411. The number of carbonyl (C=O) groups excluding carboxylic acids is 1. The molecule has 3 fully saturated rings. The first kappa shape index (κ1) is 15.3. The Hall–Kier alpha value is -0.650. The second-order valence-electron chi connectivity index (χ2n) is 7.15. The Morgan fingerprint density at radius 3 is 2.95 bits per heavy atom. The zero-order valence-electron chi connectivity index (χ0n) is 13.1. The van der Waals surface area contributed by atoms with E-state index in [0.29, 0.717) is 12.5 Å². The minimum Gasteiger partial charge on any atom is -0.459 e. The summed E-state index contributed by atoms with van der Waals surface area (Å²) in [5.74, 6) is -0.0907. The van der Waals surface area contributed by atoms with Gasteiger partial charge in [-0.05, 0) is 32.1 Å². The van der Waals surface area contributed by atoms with Crippen molar-refractivity contribution < 1.29 is 24.1 Å². The van der Waals surface area contributed by atoms with Crippen molar-refractivity contribution in [1.82, 2.24) is 0 Å². The Balaban J connectivity index is 1.93. The molecule has 0 spiro atoms. The third-order valence-electron chi connectivity index (χ3n) is 5.67. The Morgan fingerprint density at radius 2 is 2.24 bits per heavy atom. The molecule has 5 nitrogen and oxygen atoms in total. The highest BCUT2D eigenvalue weighted by Gasteiger charge is 2.57. The number of aliphatic hydroxyl groups excluding tert-OH is 1. The average molecular weight is 298 g/mol. The average Bonchev–Trinajstić information content (AvgIpc) is 2.58. The number of methoxy groups -OCH3 is 1. The molecular formula is C16H26O5. The number of esters is 1. The van der Waals surface area contributed by atoms with Gasteiger partial charge in [-0.1, -0.05) is 13.3 Å². The molecule has 1 N–H and O–H groups in total. The molecule has 120 valence electrons. The van der Waals surface area contributed by atoms with Crippen LogP contribution in [0.25, 0.3) is 0 Å². The van der Waals surface area contributed by atoms with E-state index in [1.165, 1.54) is 0 Å². The van der Waals surface area contributed by atoms with Crippen molar-refractivity contribution in [1.29, 1.82) is 0 Å². The molecule has 2 bridgehead atoms. The molecule has 0 amide bonds. The molecule has 5 heteroatoms. The van der Waals surface area contributed by atoms with Gasteiger partial charge in [-0.3, -0.25) is 4.79 Å². The first-order valence-electron chi connectivity index (χ1n) is 8.01. The summed E-state index contributed by atoms with van der Waals surface area (Å²) in [6.07, 6.45) is 2.58. The Labute approximate surface area is 125 Å². The van der Waals surface area contributed by atoms with Crippen molar-refractivity contribution >= 4 is 5.97 Å². The Morgan fingerprint density at radius 1 is 1.48 bits per heavy atom. The molecule has 3 saturated heterocycles. The highest BCUT2D eigenvalue weighted by atomic mass is 16.6. The normalized spacial score (nSPS) is 50.0. The molecule has 3 aliphatic heterocycles. The number of hydrogen-bond acceptors (Lipinski definition) is 5. The molecule has 0 aromatic heterocycles. The van der Waals surface area contributed by atoms with Crippen molar-refractivity contribution in [2.45, 2.75) is 63.4 Å². The van der Waals surface area contributed by atoms with Crippen LogP contribution in [0.5, 0.6) is 0 Å². The fourth-order valence-corrected chi connectivity index (χ4v) is 4.28. The summed E-state index contributed by atoms with van der Waals surface area (Å²) in [5.41, 5.74) is -0.614. The second-order valence-corrected chi connectivity index (χ2v) is 7.15. The van der Waals surface area contributed by atoms with Crippen LogP contribution in [0.2, 0.25) is 0 Å². The fraction of sp³-hybridized carbons (Fsp3) is 0.938. The summed E-state index contributed by atoms with van der Waals surface area (Å²) in [5, 5.41) is 10.8. The number of hydrogen-bond donors (Lipinski definition) is 1. The highest BCUT2D eigenvalue weighted by molar-refractivity contribution is 5.75. The SMILES string of the molecule is COCC1C(=O)O[C@H]2[C@H]1CC1O[C@](C)(CCC[C@@H]1C)[C@H]2O. The van der Waals surface area contributed by atoms with Crippen LogP contribution in [0.4, 0.5) is 0 Å². The van der Waals surface area contributed by atoms with Gasteiger partial charge in [-0.2, -0.15) is 0 Å². The molecule has 7 atom stereocenters. The molecular weight excluding hydrogens is 272 g/mol. The van der Waals surface area contributed by atoms with Gasteiger partial charge in [0.2, 0.25) is 0 Å². The van der Waals surface area contributed by atoms with Crippen molar-refractivity contribution in [2.24, 2.45) is 17.8 Å².